The van der Waals surface area contributed by atoms with Crippen LogP contribution < -0.4 is 0 Å². The van der Waals surface area contributed by atoms with Gasteiger partial charge < -0.3 is 4.90 Å². The zero-order valence-electron chi connectivity index (χ0n) is 11.2. The third kappa shape index (κ3) is 2.93. The molecule has 0 aliphatic carbocycles. The first-order chi connectivity index (χ1) is 9.15. The fourth-order valence-corrected chi connectivity index (χ4v) is 3.43. The van der Waals surface area contributed by atoms with Crippen molar-refractivity contribution in [3.63, 3.8) is 0 Å². The Morgan fingerprint density at radius 2 is 2.11 bits per heavy atom. The second-order valence-corrected chi connectivity index (χ2v) is 6.31. The molecule has 0 radical (unpaired) electrons. The topological polar surface area (TPSA) is 44.1 Å². The standard InChI is InChI=1S/C15H18N2OS/c1-11-12(2)19-9-8-17(11)15(18)14(10-16)13-6-4-3-5-7-13/h3-7,11-12,14H,8-9H2,1-2H3. The average molecular weight is 274 g/mol. The molecule has 0 aromatic heterocycles. The van der Waals surface area contributed by atoms with Gasteiger partial charge in [0, 0.05) is 23.6 Å². The van der Waals surface area contributed by atoms with Gasteiger partial charge in [0.05, 0.1) is 6.07 Å². The Bertz CT molecular complexity index is 483. The van der Waals surface area contributed by atoms with E-state index in [1.54, 1.807) is 0 Å². The van der Waals surface area contributed by atoms with E-state index in [0.717, 1.165) is 17.9 Å². The number of carbonyl (C=O) groups excluding carboxylic acids is 1. The first-order valence-electron chi connectivity index (χ1n) is 6.51. The Labute approximate surface area is 118 Å². The third-order valence-electron chi connectivity index (χ3n) is 3.68. The predicted molar refractivity (Wildman–Crippen MR) is 77.9 cm³/mol. The van der Waals surface area contributed by atoms with Crippen molar-refractivity contribution in [1.29, 1.82) is 5.26 Å². The van der Waals surface area contributed by atoms with Crippen LogP contribution in [-0.4, -0.2) is 34.4 Å². The summed E-state index contributed by atoms with van der Waals surface area (Å²) in [5, 5.41) is 9.75. The van der Waals surface area contributed by atoms with E-state index in [2.05, 4.69) is 19.9 Å². The summed E-state index contributed by atoms with van der Waals surface area (Å²) in [7, 11) is 0. The molecule has 3 nitrogen and oxygen atoms in total. The van der Waals surface area contributed by atoms with Gasteiger partial charge in [0.2, 0.25) is 5.91 Å². The Morgan fingerprint density at radius 3 is 2.74 bits per heavy atom. The minimum atomic E-state index is -0.682. The van der Waals surface area contributed by atoms with Crippen LogP contribution in [0.3, 0.4) is 0 Å². The van der Waals surface area contributed by atoms with E-state index in [1.807, 2.05) is 47.0 Å². The molecule has 100 valence electrons. The van der Waals surface area contributed by atoms with Crippen LogP contribution in [0, 0.1) is 11.3 Å². The number of hydrogen-bond donors (Lipinski definition) is 0. The molecule has 3 atom stereocenters. The Balaban J connectivity index is 2.20. The third-order valence-corrected chi connectivity index (χ3v) is 5.01. The van der Waals surface area contributed by atoms with Crippen LogP contribution in [0.2, 0.25) is 0 Å². The molecule has 19 heavy (non-hydrogen) atoms. The van der Waals surface area contributed by atoms with Gasteiger partial charge >= 0.3 is 0 Å². The minimum absolute atomic E-state index is 0.0617. The summed E-state index contributed by atoms with van der Waals surface area (Å²) in [6, 6.07) is 11.7. The molecule has 4 heteroatoms. The highest BCUT2D eigenvalue weighted by atomic mass is 32.2. The van der Waals surface area contributed by atoms with Gasteiger partial charge in [-0.05, 0) is 12.5 Å². The largest absolute Gasteiger partial charge is 0.337 e. The summed E-state index contributed by atoms with van der Waals surface area (Å²) in [4.78, 5) is 14.4. The maximum Gasteiger partial charge on any atom is 0.244 e. The maximum atomic E-state index is 12.6. The molecule has 2 rings (SSSR count). The first-order valence-corrected chi connectivity index (χ1v) is 7.56. The lowest BCUT2D eigenvalue weighted by Crippen LogP contribution is -2.49. The van der Waals surface area contributed by atoms with Crippen molar-refractivity contribution in [3.8, 4) is 6.07 Å². The summed E-state index contributed by atoms with van der Waals surface area (Å²) in [5.41, 5.74) is 0.785. The van der Waals surface area contributed by atoms with Crippen molar-refractivity contribution in [2.45, 2.75) is 31.1 Å². The highest BCUT2D eigenvalue weighted by Crippen LogP contribution is 2.27. The number of hydrogen-bond acceptors (Lipinski definition) is 3. The molecule has 0 spiro atoms. The number of benzene rings is 1. The van der Waals surface area contributed by atoms with Crippen LogP contribution in [0.15, 0.2) is 30.3 Å². The van der Waals surface area contributed by atoms with Crippen molar-refractivity contribution in [3.05, 3.63) is 35.9 Å². The molecule has 0 saturated carbocycles. The van der Waals surface area contributed by atoms with Crippen molar-refractivity contribution in [1.82, 2.24) is 4.90 Å². The van der Waals surface area contributed by atoms with Crippen molar-refractivity contribution in [2.75, 3.05) is 12.3 Å². The average Bonchev–Trinajstić information content (AvgIpc) is 2.44. The molecule has 1 aliphatic heterocycles. The molecule has 1 saturated heterocycles. The van der Waals surface area contributed by atoms with Crippen LogP contribution in [0.25, 0.3) is 0 Å². The lowest BCUT2D eigenvalue weighted by Gasteiger charge is -2.38. The molecule has 3 unspecified atom stereocenters. The molecule has 1 heterocycles. The van der Waals surface area contributed by atoms with Gasteiger partial charge in [0.25, 0.3) is 0 Å². The van der Waals surface area contributed by atoms with Crippen molar-refractivity contribution in [2.24, 2.45) is 0 Å². The molecule has 1 aliphatic rings. The second-order valence-electron chi connectivity index (χ2n) is 4.82. The molecule has 1 fully saturated rings. The number of thioether (sulfide) groups is 1. The van der Waals surface area contributed by atoms with Gasteiger partial charge in [-0.15, -0.1) is 0 Å². The lowest BCUT2D eigenvalue weighted by atomic mass is 9.98. The van der Waals surface area contributed by atoms with Crippen LogP contribution in [-0.2, 0) is 4.79 Å². The monoisotopic (exact) mass is 274 g/mol. The van der Waals surface area contributed by atoms with Crippen LogP contribution in [0.5, 0.6) is 0 Å². The van der Waals surface area contributed by atoms with Gasteiger partial charge in [-0.1, -0.05) is 37.3 Å². The quantitative estimate of drug-likeness (QED) is 0.832. The van der Waals surface area contributed by atoms with Gasteiger partial charge in [0.15, 0.2) is 0 Å². The van der Waals surface area contributed by atoms with Crippen LogP contribution in [0.1, 0.15) is 25.3 Å². The molecule has 1 aromatic carbocycles. The fraction of sp³-hybridized carbons (Fsp3) is 0.467. The zero-order chi connectivity index (χ0) is 13.8. The smallest absolute Gasteiger partial charge is 0.244 e. The van der Waals surface area contributed by atoms with Gasteiger partial charge in [0.1, 0.15) is 5.92 Å². The molecule has 0 N–H and O–H groups in total. The Morgan fingerprint density at radius 1 is 1.42 bits per heavy atom. The molecular weight excluding hydrogens is 256 g/mol. The predicted octanol–water partition coefficient (Wildman–Crippen LogP) is 2.65. The molecular formula is C15H18N2OS. The highest BCUT2D eigenvalue weighted by molar-refractivity contribution is 8.00. The fourth-order valence-electron chi connectivity index (χ4n) is 2.33. The summed E-state index contributed by atoms with van der Waals surface area (Å²) in [5.74, 6) is 0.205. The molecule has 1 aromatic rings. The second kappa shape index (κ2) is 6.12. The van der Waals surface area contributed by atoms with Crippen molar-refractivity contribution < 1.29 is 4.79 Å². The Hall–Kier alpha value is -1.47. The molecule has 1 amide bonds. The summed E-state index contributed by atoms with van der Waals surface area (Å²) >= 11 is 1.89. The number of carbonyl (C=O) groups is 1. The normalized spacial score (nSPS) is 24.6. The highest BCUT2D eigenvalue weighted by Gasteiger charge is 2.33. The maximum absolute atomic E-state index is 12.6. The summed E-state index contributed by atoms with van der Waals surface area (Å²) in [6.45, 7) is 4.94. The summed E-state index contributed by atoms with van der Waals surface area (Å²) < 4.78 is 0. The molecule has 0 bridgehead atoms. The van der Waals surface area contributed by atoms with Gasteiger partial charge in [-0.25, -0.2) is 0 Å². The number of amides is 1. The lowest BCUT2D eigenvalue weighted by molar-refractivity contribution is -0.133. The Kier molecular flexibility index (Phi) is 4.49. The van der Waals surface area contributed by atoms with E-state index in [0.29, 0.717) is 5.25 Å². The first kappa shape index (κ1) is 14.0. The van der Waals surface area contributed by atoms with Crippen molar-refractivity contribution >= 4 is 17.7 Å². The number of nitrogens with zero attached hydrogens (tertiary/aromatic N) is 2. The SMILES string of the molecule is CC1SCCN(C(=O)C(C#N)c2ccccc2)C1C. The van der Waals surface area contributed by atoms with E-state index in [9.17, 15) is 10.1 Å². The summed E-state index contributed by atoms with van der Waals surface area (Å²) in [6.07, 6.45) is 0. The van der Waals surface area contributed by atoms with E-state index in [1.165, 1.54) is 0 Å². The van der Waals surface area contributed by atoms with E-state index in [4.69, 9.17) is 0 Å². The van der Waals surface area contributed by atoms with E-state index < -0.39 is 5.92 Å². The number of nitriles is 1. The van der Waals surface area contributed by atoms with Gasteiger partial charge in [-0.3, -0.25) is 4.79 Å². The van der Waals surface area contributed by atoms with Crippen LogP contribution >= 0.6 is 11.8 Å². The van der Waals surface area contributed by atoms with Crippen LogP contribution in [0.4, 0.5) is 0 Å². The van der Waals surface area contributed by atoms with E-state index >= 15 is 0 Å². The zero-order valence-corrected chi connectivity index (χ0v) is 12.1. The number of rotatable bonds is 2. The van der Waals surface area contributed by atoms with Gasteiger partial charge in [-0.2, -0.15) is 17.0 Å². The van der Waals surface area contributed by atoms with E-state index in [-0.39, 0.29) is 11.9 Å². The minimum Gasteiger partial charge on any atom is -0.337 e.